The lowest BCUT2D eigenvalue weighted by molar-refractivity contribution is -0.133. The van der Waals surface area contributed by atoms with Crippen molar-refractivity contribution in [2.75, 3.05) is 0 Å². The maximum absolute atomic E-state index is 11.7. The van der Waals surface area contributed by atoms with Crippen LogP contribution in [0.25, 0.3) is 0 Å². The number of hydrogen-bond acceptors (Lipinski definition) is 2. The van der Waals surface area contributed by atoms with E-state index >= 15 is 0 Å². The summed E-state index contributed by atoms with van der Waals surface area (Å²) < 4.78 is 0. The fraction of sp³-hybridized carbons (Fsp3) is 0.800. The first-order valence-corrected chi connectivity index (χ1v) is 4.52. The zero-order valence-electron chi connectivity index (χ0n) is 7.96. The van der Waals surface area contributed by atoms with Crippen molar-refractivity contribution < 1.29 is 9.59 Å². The summed E-state index contributed by atoms with van der Waals surface area (Å²) in [6.45, 7) is 5.84. The minimum absolute atomic E-state index is 0.111. The molecule has 1 fully saturated rings. The zero-order chi connectivity index (χ0) is 9.35. The summed E-state index contributed by atoms with van der Waals surface area (Å²) in [7, 11) is 0. The SMILES string of the molecule is CC(C)[C@H]1CC[C@](C)(C=O)C1=O. The third kappa shape index (κ3) is 1.30. The Morgan fingerprint density at radius 2 is 2.17 bits per heavy atom. The summed E-state index contributed by atoms with van der Waals surface area (Å²) in [5.41, 5.74) is -0.672. The van der Waals surface area contributed by atoms with Gasteiger partial charge in [-0.05, 0) is 25.7 Å². The van der Waals surface area contributed by atoms with Crippen LogP contribution in [0.5, 0.6) is 0 Å². The largest absolute Gasteiger partial charge is 0.302 e. The van der Waals surface area contributed by atoms with E-state index in [0.29, 0.717) is 5.92 Å². The quantitative estimate of drug-likeness (QED) is 0.465. The Hall–Kier alpha value is -0.660. The molecule has 0 N–H and O–H groups in total. The van der Waals surface area contributed by atoms with Crippen molar-refractivity contribution in [2.24, 2.45) is 17.3 Å². The van der Waals surface area contributed by atoms with Gasteiger partial charge in [-0.25, -0.2) is 0 Å². The van der Waals surface area contributed by atoms with Crippen LogP contribution in [-0.2, 0) is 9.59 Å². The van der Waals surface area contributed by atoms with E-state index in [1.807, 2.05) is 13.8 Å². The molecular weight excluding hydrogens is 152 g/mol. The first-order chi connectivity index (χ1) is 5.51. The van der Waals surface area contributed by atoms with Crippen molar-refractivity contribution in [3.05, 3.63) is 0 Å². The minimum atomic E-state index is -0.672. The number of ketones is 1. The Labute approximate surface area is 73.3 Å². The van der Waals surface area contributed by atoms with Crippen molar-refractivity contribution in [3.63, 3.8) is 0 Å². The van der Waals surface area contributed by atoms with Crippen molar-refractivity contribution in [3.8, 4) is 0 Å². The van der Waals surface area contributed by atoms with Crippen molar-refractivity contribution in [1.82, 2.24) is 0 Å². The summed E-state index contributed by atoms with van der Waals surface area (Å²) >= 11 is 0. The molecule has 0 radical (unpaired) electrons. The van der Waals surface area contributed by atoms with Crippen LogP contribution < -0.4 is 0 Å². The fourth-order valence-electron chi connectivity index (χ4n) is 1.89. The lowest BCUT2D eigenvalue weighted by atomic mass is 9.85. The number of carbonyl (C=O) groups excluding carboxylic acids is 2. The molecule has 0 aromatic rings. The van der Waals surface area contributed by atoms with Crippen LogP contribution in [0.15, 0.2) is 0 Å². The molecule has 1 saturated carbocycles. The summed E-state index contributed by atoms with van der Waals surface area (Å²) in [5.74, 6) is 0.631. The van der Waals surface area contributed by atoms with Crippen LogP contribution in [0.2, 0.25) is 0 Å². The van der Waals surface area contributed by atoms with Gasteiger partial charge in [-0.3, -0.25) is 4.79 Å². The summed E-state index contributed by atoms with van der Waals surface area (Å²) in [6.07, 6.45) is 2.43. The zero-order valence-corrected chi connectivity index (χ0v) is 7.96. The molecule has 1 rings (SSSR count). The van der Waals surface area contributed by atoms with Gasteiger partial charge in [-0.2, -0.15) is 0 Å². The highest BCUT2D eigenvalue weighted by atomic mass is 16.1. The van der Waals surface area contributed by atoms with Crippen molar-refractivity contribution in [1.29, 1.82) is 0 Å². The first-order valence-electron chi connectivity index (χ1n) is 4.52. The molecule has 0 amide bonds. The predicted molar refractivity (Wildman–Crippen MR) is 46.7 cm³/mol. The highest BCUT2D eigenvalue weighted by Crippen LogP contribution is 2.39. The van der Waals surface area contributed by atoms with Crippen LogP contribution in [-0.4, -0.2) is 12.1 Å². The van der Waals surface area contributed by atoms with Crippen molar-refractivity contribution in [2.45, 2.75) is 33.6 Å². The smallest absolute Gasteiger partial charge is 0.149 e. The van der Waals surface area contributed by atoms with Crippen LogP contribution >= 0.6 is 0 Å². The highest BCUT2D eigenvalue weighted by molar-refractivity contribution is 6.00. The monoisotopic (exact) mass is 168 g/mol. The van der Waals surface area contributed by atoms with Crippen LogP contribution in [0.1, 0.15) is 33.6 Å². The Kier molecular flexibility index (Phi) is 2.36. The van der Waals surface area contributed by atoms with Gasteiger partial charge in [0.15, 0.2) is 0 Å². The van der Waals surface area contributed by atoms with Gasteiger partial charge in [0.1, 0.15) is 12.1 Å². The molecule has 0 bridgehead atoms. The van der Waals surface area contributed by atoms with Crippen LogP contribution in [0.3, 0.4) is 0 Å². The molecule has 0 spiro atoms. The molecule has 0 saturated heterocycles. The van der Waals surface area contributed by atoms with E-state index in [-0.39, 0.29) is 11.7 Å². The van der Waals surface area contributed by atoms with E-state index < -0.39 is 5.41 Å². The van der Waals surface area contributed by atoms with E-state index in [1.165, 1.54) is 0 Å². The molecular formula is C10H16O2. The van der Waals surface area contributed by atoms with Crippen LogP contribution in [0, 0.1) is 17.3 Å². The predicted octanol–water partition coefficient (Wildman–Crippen LogP) is 1.83. The average Bonchev–Trinajstić information content (AvgIpc) is 2.30. The third-order valence-electron chi connectivity index (χ3n) is 2.94. The Morgan fingerprint density at radius 3 is 2.42 bits per heavy atom. The normalized spacial score (nSPS) is 36.0. The van der Waals surface area contributed by atoms with E-state index in [1.54, 1.807) is 6.92 Å². The third-order valence-corrected chi connectivity index (χ3v) is 2.94. The molecule has 2 heteroatoms. The van der Waals surface area contributed by atoms with Gasteiger partial charge >= 0.3 is 0 Å². The van der Waals surface area contributed by atoms with Gasteiger partial charge in [-0.1, -0.05) is 13.8 Å². The number of hydrogen-bond donors (Lipinski definition) is 0. The van der Waals surface area contributed by atoms with Crippen molar-refractivity contribution >= 4 is 12.1 Å². The van der Waals surface area contributed by atoms with Gasteiger partial charge < -0.3 is 4.79 Å². The molecule has 1 aliphatic rings. The maximum Gasteiger partial charge on any atom is 0.149 e. The Bertz CT molecular complexity index is 208. The lowest BCUT2D eigenvalue weighted by Gasteiger charge is -2.16. The fourth-order valence-corrected chi connectivity index (χ4v) is 1.89. The topological polar surface area (TPSA) is 34.1 Å². The molecule has 2 nitrogen and oxygen atoms in total. The molecule has 68 valence electrons. The Morgan fingerprint density at radius 1 is 1.58 bits per heavy atom. The minimum Gasteiger partial charge on any atom is -0.302 e. The Balaban J connectivity index is 2.80. The molecule has 0 unspecified atom stereocenters. The molecule has 1 aliphatic carbocycles. The van der Waals surface area contributed by atoms with E-state index in [2.05, 4.69) is 0 Å². The average molecular weight is 168 g/mol. The van der Waals surface area contributed by atoms with E-state index in [9.17, 15) is 9.59 Å². The summed E-state index contributed by atoms with van der Waals surface area (Å²) in [4.78, 5) is 22.4. The molecule has 0 aromatic heterocycles. The number of aldehydes is 1. The highest BCUT2D eigenvalue weighted by Gasteiger charge is 2.44. The van der Waals surface area contributed by atoms with Gasteiger partial charge in [-0.15, -0.1) is 0 Å². The van der Waals surface area contributed by atoms with Crippen LogP contribution in [0.4, 0.5) is 0 Å². The molecule has 0 heterocycles. The van der Waals surface area contributed by atoms with E-state index in [4.69, 9.17) is 0 Å². The summed E-state index contributed by atoms with van der Waals surface area (Å²) in [6, 6.07) is 0. The molecule has 0 aliphatic heterocycles. The lowest BCUT2D eigenvalue weighted by Crippen LogP contribution is -2.28. The van der Waals surface area contributed by atoms with Gasteiger partial charge in [0.05, 0.1) is 5.41 Å². The summed E-state index contributed by atoms with van der Waals surface area (Å²) in [5, 5.41) is 0. The van der Waals surface area contributed by atoms with Gasteiger partial charge in [0.25, 0.3) is 0 Å². The standard InChI is InChI=1S/C10H16O2/c1-7(2)8-4-5-10(3,6-11)9(8)12/h6-8H,4-5H2,1-3H3/t8-,10-/m1/s1. The number of carbonyl (C=O) groups is 2. The molecule has 2 atom stereocenters. The number of rotatable bonds is 2. The second-order valence-electron chi connectivity index (χ2n) is 4.29. The van der Waals surface area contributed by atoms with Gasteiger partial charge in [0, 0.05) is 5.92 Å². The first kappa shape index (κ1) is 9.43. The maximum atomic E-state index is 11.7. The second kappa shape index (κ2) is 3.00. The molecule has 0 aromatic carbocycles. The molecule has 12 heavy (non-hydrogen) atoms. The number of Topliss-reactive ketones (excluding diaryl/α,β-unsaturated/α-hetero) is 1. The second-order valence-corrected chi connectivity index (χ2v) is 4.29. The van der Waals surface area contributed by atoms with E-state index in [0.717, 1.165) is 19.1 Å². The van der Waals surface area contributed by atoms with Gasteiger partial charge in [0.2, 0.25) is 0 Å².